The van der Waals surface area contributed by atoms with Crippen LogP contribution in [-0.4, -0.2) is 47.9 Å². The topological polar surface area (TPSA) is 62.0 Å². The van der Waals surface area contributed by atoms with Crippen LogP contribution in [-0.2, 0) is 9.59 Å². The maximum atomic E-state index is 12.9. The van der Waals surface area contributed by atoms with Gasteiger partial charge in [0.1, 0.15) is 5.76 Å². The largest absolute Gasteiger partial charge is 0.507 e. The van der Waals surface area contributed by atoms with Crippen molar-refractivity contribution in [3.05, 3.63) is 77.4 Å². The Morgan fingerprint density at radius 3 is 2.14 bits per heavy atom. The molecule has 1 aliphatic rings. The Bertz CT molecular complexity index is 874. The van der Waals surface area contributed by atoms with Gasteiger partial charge >= 0.3 is 0 Å². The van der Waals surface area contributed by atoms with Crippen molar-refractivity contribution in [1.29, 1.82) is 0 Å². The van der Waals surface area contributed by atoms with E-state index in [-0.39, 0.29) is 11.3 Å². The first-order valence-corrected chi connectivity index (χ1v) is 10.3. The van der Waals surface area contributed by atoms with E-state index in [1.54, 1.807) is 29.2 Å². The molecular formula is C24H29N2O3+. The van der Waals surface area contributed by atoms with Crippen LogP contribution in [0.25, 0.3) is 5.76 Å². The van der Waals surface area contributed by atoms with Crippen LogP contribution in [0, 0.1) is 0 Å². The molecule has 5 heteroatoms. The number of quaternary nitrogens is 1. The summed E-state index contributed by atoms with van der Waals surface area (Å²) in [5.74, 6) is -1.27. The van der Waals surface area contributed by atoms with Crippen molar-refractivity contribution in [3.8, 4) is 0 Å². The molecule has 5 nitrogen and oxygen atoms in total. The van der Waals surface area contributed by atoms with Crippen LogP contribution < -0.4 is 4.90 Å². The van der Waals surface area contributed by atoms with Crippen LogP contribution in [0.2, 0.25) is 0 Å². The SMILES string of the molecule is CC[NH+](CC)CCCN1C(=O)C(=O)C(=C(O)c2ccccc2)[C@@H]1c1ccccc1. The van der Waals surface area contributed by atoms with Crippen molar-refractivity contribution in [3.63, 3.8) is 0 Å². The highest BCUT2D eigenvalue weighted by molar-refractivity contribution is 6.46. The van der Waals surface area contributed by atoms with Crippen molar-refractivity contribution in [2.45, 2.75) is 26.3 Å². The smallest absolute Gasteiger partial charge is 0.295 e. The molecule has 1 atom stereocenters. The summed E-state index contributed by atoms with van der Waals surface area (Å²) in [7, 11) is 0. The van der Waals surface area contributed by atoms with Crippen LogP contribution >= 0.6 is 0 Å². The Morgan fingerprint density at radius 2 is 1.55 bits per heavy atom. The second kappa shape index (κ2) is 9.52. The molecule has 2 aromatic rings. The van der Waals surface area contributed by atoms with E-state index in [1.807, 2.05) is 36.4 Å². The van der Waals surface area contributed by atoms with E-state index < -0.39 is 17.7 Å². The molecule has 1 fully saturated rings. The number of aliphatic hydroxyl groups excluding tert-OH is 1. The van der Waals surface area contributed by atoms with Crippen LogP contribution in [0.3, 0.4) is 0 Å². The third kappa shape index (κ3) is 4.40. The number of rotatable bonds is 8. The summed E-state index contributed by atoms with van der Waals surface area (Å²) in [6, 6.07) is 17.8. The van der Waals surface area contributed by atoms with Gasteiger partial charge in [-0.15, -0.1) is 0 Å². The van der Waals surface area contributed by atoms with Gasteiger partial charge in [0, 0.05) is 18.5 Å². The van der Waals surface area contributed by atoms with Gasteiger partial charge in [-0.05, 0) is 19.4 Å². The number of aliphatic hydroxyl groups is 1. The monoisotopic (exact) mass is 393 g/mol. The van der Waals surface area contributed by atoms with Crippen LogP contribution in [0.4, 0.5) is 0 Å². The molecule has 2 aromatic carbocycles. The molecule has 0 saturated carbocycles. The number of hydrogen-bond donors (Lipinski definition) is 2. The molecule has 1 saturated heterocycles. The van der Waals surface area contributed by atoms with Gasteiger partial charge in [0.2, 0.25) is 0 Å². The predicted molar refractivity (Wildman–Crippen MR) is 113 cm³/mol. The summed E-state index contributed by atoms with van der Waals surface area (Å²) in [4.78, 5) is 28.9. The summed E-state index contributed by atoms with van der Waals surface area (Å²) in [5.41, 5.74) is 1.54. The molecule has 0 aromatic heterocycles. The molecule has 0 radical (unpaired) electrons. The van der Waals surface area contributed by atoms with Gasteiger partial charge < -0.3 is 14.9 Å². The van der Waals surface area contributed by atoms with Crippen molar-refractivity contribution in [2.75, 3.05) is 26.2 Å². The minimum Gasteiger partial charge on any atom is -0.507 e. The van der Waals surface area contributed by atoms with Gasteiger partial charge in [-0.25, -0.2) is 0 Å². The van der Waals surface area contributed by atoms with E-state index in [9.17, 15) is 14.7 Å². The molecule has 2 N–H and O–H groups in total. The number of nitrogens with one attached hydrogen (secondary N) is 1. The Kier molecular flexibility index (Phi) is 6.83. The number of ketones is 1. The Balaban J connectivity index is 1.98. The van der Waals surface area contributed by atoms with Crippen LogP contribution in [0.1, 0.15) is 37.4 Å². The molecule has 3 rings (SSSR count). The maximum Gasteiger partial charge on any atom is 0.295 e. The number of carbonyl (C=O) groups excluding carboxylic acids is 2. The first kappa shape index (κ1) is 20.8. The summed E-state index contributed by atoms with van der Waals surface area (Å²) in [6.07, 6.45) is 0.804. The van der Waals surface area contributed by atoms with Crippen molar-refractivity contribution in [1.82, 2.24) is 4.90 Å². The average molecular weight is 394 g/mol. The standard InChI is InChI=1S/C24H28N2O3/c1-3-25(4-2)16-11-17-26-21(18-12-7-5-8-13-18)20(23(28)24(26)29)22(27)19-14-9-6-10-15-19/h5-10,12-15,21,27H,3-4,11,16-17H2,1-2H3/p+1/t21-/m0/s1. The molecule has 0 unspecified atom stereocenters. The summed E-state index contributed by atoms with van der Waals surface area (Å²) in [6.45, 7) is 7.79. The first-order chi connectivity index (χ1) is 14.1. The van der Waals surface area contributed by atoms with E-state index >= 15 is 0 Å². The first-order valence-electron chi connectivity index (χ1n) is 10.3. The average Bonchev–Trinajstić information content (AvgIpc) is 3.02. The molecule has 29 heavy (non-hydrogen) atoms. The molecule has 1 amide bonds. The summed E-state index contributed by atoms with van der Waals surface area (Å²) >= 11 is 0. The molecule has 0 aliphatic carbocycles. The van der Waals surface area contributed by atoms with Gasteiger partial charge in [-0.3, -0.25) is 9.59 Å². The zero-order valence-corrected chi connectivity index (χ0v) is 17.1. The third-order valence-corrected chi connectivity index (χ3v) is 5.63. The van der Waals surface area contributed by atoms with Crippen LogP contribution in [0.5, 0.6) is 0 Å². The van der Waals surface area contributed by atoms with Crippen LogP contribution in [0.15, 0.2) is 66.2 Å². The molecule has 1 heterocycles. The number of nitrogens with zero attached hydrogens (tertiary/aromatic N) is 1. The number of benzene rings is 2. The Morgan fingerprint density at radius 1 is 0.966 bits per heavy atom. The third-order valence-electron chi connectivity index (χ3n) is 5.63. The highest BCUT2D eigenvalue weighted by atomic mass is 16.3. The fourth-order valence-electron chi connectivity index (χ4n) is 3.95. The second-order valence-corrected chi connectivity index (χ2v) is 7.33. The van der Waals surface area contributed by atoms with Gasteiger partial charge in [0.15, 0.2) is 0 Å². The van der Waals surface area contributed by atoms with Gasteiger partial charge in [0.05, 0.1) is 31.2 Å². The van der Waals surface area contributed by atoms with E-state index in [0.29, 0.717) is 12.1 Å². The number of hydrogen-bond acceptors (Lipinski definition) is 3. The van der Waals surface area contributed by atoms with E-state index in [1.165, 1.54) is 4.90 Å². The summed E-state index contributed by atoms with van der Waals surface area (Å²) < 4.78 is 0. The molecule has 0 spiro atoms. The lowest BCUT2D eigenvalue weighted by molar-refractivity contribution is -0.896. The fraction of sp³-hybridized carbons (Fsp3) is 0.333. The zero-order valence-electron chi connectivity index (χ0n) is 17.1. The highest BCUT2D eigenvalue weighted by Gasteiger charge is 2.45. The number of likely N-dealkylation sites (tertiary alicyclic amines) is 1. The van der Waals surface area contributed by atoms with E-state index in [2.05, 4.69) is 13.8 Å². The lowest BCUT2D eigenvalue weighted by Gasteiger charge is -2.26. The number of carbonyl (C=O) groups is 2. The van der Waals surface area contributed by atoms with Gasteiger partial charge in [-0.1, -0.05) is 60.7 Å². The maximum absolute atomic E-state index is 12.9. The quantitative estimate of drug-likeness (QED) is 0.411. The Hall–Kier alpha value is -2.92. The molecule has 0 bridgehead atoms. The summed E-state index contributed by atoms with van der Waals surface area (Å²) in [5, 5.41) is 10.9. The minimum absolute atomic E-state index is 0.116. The number of amides is 1. The Labute approximate surface area is 172 Å². The molecular weight excluding hydrogens is 364 g/mol. The predicted octanol–water partition coefficient (Wildman–Crippen LogP) is 2.42. The number of Topliss-reactive ketones (excluding diaryl/α,β-unsaturated/α-hetero) is 1. The molecule has 152 valence electrons. The van der Waals surface area contributed by atoms with Crippen molar-refractivity contribution < 1.29 is 19.6 Å². The second-order valence-electron chi connectivity index (χ2n) is 7.33. The zero-order chi connectivity index (χ0) is 20.8. The lowest BCUT2D eigenvalue weighted by Crippen LogP contribution is -3.11. The fourth-order valence-corrected chi connectivity index (χ4v) is 3.95. The van der Waals surface area contributed by atoms with E-state index in [4.69, 9.17) is 0 Å². The molecule has 1 aliphatic heterocycles. The lowest BCUT2D eigenvalue weighted by atomic mass is 9.95. The minimum atomic E-state index is -0.615. The normalized spacial score (nSPS) is 18.6. The van der Waals surface area contributed by atoms with Gasteiger partial charge in [0.25, 0.3) is 11.7 Å². The van der Waals surface area contributed by atoms with E-state index in [0.717, 1.165) is 31.6 Å². The van der Waals surface area contributed by atoms with Gasteiger partial charge in [-0.2, -0.15) is 0 Å². The highest BCUT2D eigenvalue weighted by Crippen LogP contribution is 2.39. The van der Waals surface area contributed by atoms with Crippen molar-refractivity contribution >= 4 is 17.4 Å². The van der Waals surface area contributed by atoms with Crippen molar-refractivity contribution in [2.24, 2.45) is 0 Å².